The first-order chi connectivity index (χ1) is 13.9. The Morgan fingerprint density at radius 1 is 1.03 bits per heavy atom. The molecule has 0 fully saturated rings. The van der Waals surface area contributed by atoms with E-state index in [0.29, 0.717) is 12.1 Å². The molecule has 4 rings (SSSR count). The number of para-hydroxylation sites is 2. The molecular formula is C22H16F3N3O. The maximum atomic E-state index is 13.6. The smallest absolute Gasteiger partial charge is 0.343 e. The van der Waals surface area contributed by atoms with Crippen LogP contribution in [0.25, 0.3) is 17.0 Å². The lowest BCUT2D eigenvalue weighted by Crippen LogP contribution is -2.25. The molecule has 0 saturated carbocycles. The van der Waals surface area contributed by atoms with Crippen molar-refractivity contribution in [3.8, 4) is 0 Å². The molecule has 29 heavy (non-hydrogen) atoms. The number of anilines is 1. The van der Waals surface area contributed by atoms with Crippen molar-refractivity contribution in [2.24, 2.45) is 5.10 Å². The molecule has 1 amide bonds. The number of benzene rings is 2. The Labute approximate surface area is 164 Å². The number of fused-ring (bicyclic) bond motifs is 1. The average molecular weight is 395 g/mol. The fourth-order valence-electron chi connectivity index (χ4n) is 3.33. The normalized spacial score (nSPS) is 16.0. The highest BCUT2D eigenvalue weighted by Gasteiger charge is 2.46. The number of hydrogen-bond acceptors (Lipinski definition) is 2. The van der Waals surface area contributed by atoms with Crippen molar-refractivity contribution in [2.45, 2.75) is 12.7 Å². The molecule has 1 aliphatic heterocycles. The first-order valence-electron chi connectivity index (χ1n) is 8.86. The predicted molar refractivity (Wildman–Crippen MR) is 108 cm³/mol. The lowest BCUT2D eigenvalue weighted by molar-refractivity contribution is -0.114. The van der Waals surface area contributed by atoms with E-state index in [1.165, 1.54) is 18.2 Å². The summed E-state index contributed by atoms with van der Waals surface area (Å²) in [6.07, 6.45) is -0.0837. The van der Waals surface area contributed by atoms with Crippen LogP contribution in [0.5, 0.6) is 0 Å². The number of aromatic nitrogens is 1. The maximum absolute atomic E-state index is 13.6. The topological polar surface area (TPSA) is 37.6 Å². The zero-order valence-corrected chi connectivity index (χ0v) is 15.2. The number of carbonyl (C=O) groups excluding carboxylic acids is 1. The van der Waals surface area contributed by atoms with E-state index in [-0.39, 0.29) is 5.69 Å². The summed E-state index contributed by atoms with van der Waals surface area (Å²) < 4.78 is 42.8. The second kappa shape index (κ2) is 7.09. The van der Waals surface area contributed by atoms with Gasteiger partial charge in [-0.15, -0.1) is 6.58 Å². The standard InChI is InChI=1S/C22H16F3N3O/c1-2-12-27-14-15(17-10-6-7-11-19(17)27)13-18-20(22(23,24)25)26-28(21(18)29)16-8-4-3-5-9-16/h2-11,13-14H,1,12H2/b18-13-. The van der Waals surface area contributed by atoms with Gasteiger partial charge in [-0.1, -0.05) is 42.5 Å². The molecule has 2 aromatic carbocycles. The van der Waals surface area contributed by atoms with E-state index in [2.05, 4.69) is 11.7 Å². The van der Waals surface area contributed by atoms with Crippen LogP contribution in [0.4, 0.5) is 18.9 Å². The molecular weight excluding hydrogens is 379 g/mol. The summed E-state index contributed by atoms with van der Waals surface area (Å²) in [6.45, 7) is 4.20. The van der Waals surface area contributed by atoms with E-state index in [0.717, 1.165) is 15.9 Å². The van der Waals surface area contributed by atoms with Crippen molar-refractivity contribution >= 4 is 34.3 Å². The third-order valence-corrected chi connectivity index (χ3v) is 4.59. The second-order valence-corrected chi connectivity index (χ2v) is 6.50. The van der Waals surface area contributed by atoms with Gasteiger partial charge in [0.25, 0.3) is 5.91 Å². The van der Waals surface area contributed by atoms with Crippen LogP contribution in [-0.4, -0.2) is 22.4 Å². The molecule has 0 bridgehead atoms. The Bertz CT molecular complexity index is 1160. The van der Waals surface area contributed by atoms with Gasteiger partial charge in [-0.3, -0.25) is 4.79 Å². The van der Waals surface area contributed by atoms with Crippen molar-refractivity contribution < 1.29 is 18.0 Å². The number of carbonyl (C=O) groups is 1. The zero-order chi connectivity index (χ0) is 20.6. The molecule has 4 nitrogen and oxygen atoms in total. The highest BCUT2D eigenvalue weighted by atomic mass is 19.4. The van der Waals surface area contributed by atoms with E-state index >= 15 is 0 Å². The molecule has 2 heterocycles. The molecule has 3 aromatic rings. The largest absolute Gasteiger partial charge is 0.435 e. The fourth-order valence-corrected chi connectivity index (χ4v) is 3.33. The molecule has 0 aliphatic carbocycles. The minimum absolute atomic E-state index is 0.275. The first kappa shape index (κ1) is 18.7. The number of hydrogen-bond donors (Lipinski definition) is 0. The van der Waals surface area contributed by atoms with Crippen molar-refractivity contribution in [1.29, 1.82) is 0 Å². The van der Waals surface area contributed by atoms with Crippen LogP contribution in [0.2, 0.25) is 0 Å². The minimum atomic E-state index is -4.76. The summed E-state index contributed by atoms with van der Waals surface area (Å²) in [5.41, 5.74) is -0.0562. The first-order valence-corrected chi connectivity index (χ1v) is 8.86. The van der Waals surface area contributed by atoms with Crippen LogP contribution in [-0.2, 0) is 11.3 Å². The lowest BCUT2D eigenvalue weighted by atomic mass is 10.1. The maximum Gasteiger partial charge on any atom is 0.435 e. The van der Waals surface area contributed by atoms with Gasteiger partial charge in [0.15, 0.2) is 5.71 Å². The molecule has 7 heteroatoms. The Hall–Kier alpha value is -3.61. The molecule has 0 radical (unpaired) electrons. The third kappa shape index (κ3) is 3.35. The van der Waals surface area contributed by atoms with Crippen LogP contribution >= 0.6 is 0 Å². The summed E-state index contributed by atoms with van der Waals surface area (Å²) in [5, 5.41) is 5.13. The van der Waals surface area contributed by atoms with Crippen LogP contribution in [0.1, 0.15) is 5.56 Å². The zero-order valence-electron chi connectivity index (χ0n) is 15.2. The molecule has 0 saturated heterocycles. The van der Waals surface area contributed by atoms with E-state index < -0.39 is 23.4 Å². The van der Waals surface area contributed by atoms with Crippen LogP contribution in [0.15, 0.2) is 84.1 Å². The van der Waals surface area contributed by atoms with Gasteiger partial charge in [0.2, 0.25) is 0 Å². The summed E-state index contributed by atoms with van der Waals surface area (Å²) in [5.74, 6) is -0.816. The number of allylic oxidation sites excluding steroid dienone is 1. The van der Waals surface area contributed by atoms with Gasteiger partial charge in [0.1, 0.15) is 0 Å². The van der Waals surface area contributed by atoms with Gasteiger partial charge >= 0.3 is 6.18 Å². The van der Waals surface area contributed by atoms with Gasteiger partial charge in [0, 0.05) is 29.2 Å². The van der Waals surface area contributed by atoms with E-state index in [9.17, 15) is 18.0 Å². The third-order valence-electron chi connectivity index (χ3n) is 4.59. The van der Waals surface area contributed by atoms with Crippen LogP contribution < -0.4 is 5.01 Å². The van der Waals surface area contributed by atoms with Crippen molar-refractivity contribution in [1.82, 2.24) is 4.57 Å². The molecule has 0 atom stereocenters. The summed E-state index contributed by atoms with van der Waals surface area (Å²) >= 11 is 0. The number of halogens is 3. The molecule has 0 spiro atoms. The Morgan fingerprint density at radius 2 is 1.72 bits per heavy atom. The lowest BCUT2D eigenvalue weighted by Gasteiger charge is -2.10. The summed E-state index contributed by atoms with van der Waals surface area (Å²) in [4.78, 5) is 12.9. The summed E-state index contributed by atoms with van der Waals surface area (Å²) in [6, 6.07) is 15.4. The number of amides is 1. The monoisotopic (exact) mass is 395 g/mol. The fraction of sp³-hybridized carbons (Fsp3) is 0.0909. The quantitative estimate of drug-likeness (QED) is 0.443. The average Bonchev–Trinajstić information content (AvgIpc) is 3.22. The van der Waals surface area contributed by atoms with Gasteiger partial charge in [-0.2, -0.15) is 23.3 Å². The Morgan fingerprint density at radius 3 is 2.41 bits per heavy atom. The van der Waals surface area contributed by atoms with Gasteiger partial charge < -0.3 is 4.57 Å². The van der Waals surface area contributed by atoms with Crippen molar-refractivity contribution in [3.05, 3.63) is 84.6 Å². The summed E-state index contributed by atoms with van der Waals surface area (Å²) in [7, 11) is 0. The molecule has 146 valence electrons. The molecule has 0 N–H and O–H groups in total. The molecule has 1 aromatic heterocycles. The number of hydrazone groups is 1. The molecule has 1 aliphatic rings. The van der Waals surface area contributed by atoms with E-state index in [1.807, 2.05) is 16.7 Å². The molecule has 0 unspecified atom stereocenters. The predicted octanol–water partition coefficient (Wildman–Crippen LogP) is 5.18. The second-order valence-electron chi connectivity index (χ2n) is 6.50. The van der Waals surface area contributed by atoms with E-state index in [1.54, 1.807) is 42.6 Å². The highest BCUT2D eigenvalue weighted by molar-refractivity contribution is 6.34. The number of alkyl halides is 3. The van der Waals surface area contributed by atoms with Crippen molar-refractivity contribution in [3.63, 3.8) is 0 Å². The van der Waals surface area contributed by atoms with Crippen molar-refractivity contribution in [2.75, 3.05) is 5.01 Å². The van der Waals surface area contributed by atoms with Gasteiger partial charge in [-0.25, -0.2) is 0 Å². The Balaban J connectivity index is 1.86. The van der Waals surface area contributed by atoms with Crippen LogP contribution in [0.3, 0.4) is 0 Å². The minimum Gasteiger partial charge on any atom is -0.343 e. The van der Waals surface area contributed by atoms with Crippen LogP contribution in [0, 0.1) is 0 Å². The van der Waals surface area contributed by atoms with E-state index in [4.69, 9.17) is 0 Å². The number of nitrogens with zero attached hydrogens (tertiary/aromatic N) is 3. The SMILES string of the molecule is C=CCn1cc(/C=C2\C(=O)N(c3ccccc3)N=C2C(F)(F)F)c2ccccc21. The van der Waals surface area contributed by atoms with Gasteiger partial charge in [-0.05, 0) is 24.3 Å². The Kier molecular flexibility index (Phi) is 4.58. The highest BCUT2D eigenvalue weighted by Crippen LogP contribution is 2.33. The number of rotatable bonds is 4. The van der Waals surface area contributed by atoms with Gasteiger partial charge in [0.05, 0.1) is 11.3 Å².